The van der Waals surface area contributed by atoms with Crippen molar-refractivity contribution in [2.24, 2.45) is 5.41 Å². The van der Waals surface area contributed by atoms with Gasteiger partial charge < -0.3 is 9.64 Å². The maximum Gasteiger partial charge on any atom is 0.223 e. The fourth-order valence-electron chi connectivity index (χ4n) is 2.18. The molecule has 2 heterocycles. The van der Waals surface area contributed by atoms with E-state index in [-0.39, 0.29) is 5.41 Å². The molecule has 0 aromatic carbocycles. The Balaban J connectivity index is 1.99. The number of piperidine rings is 1. The summed E-state index contributed by atoms with van der Waals surface area (Å²) in [5, 5.41) is 0. The first-order chi connectivity index (χ1) is 6.13. The summed E-state index contributed by atoms with van der Waals surface area (Å²) >= 11 is 0. The summed E-state index contributed by atoms with van der Waals surface area (Å²) in [4.78, 5) is 13.7. The normalized spacial score (nSPS) is 26.7. The summed E-state index contributed by atoms with van der Waals surface area (Å²) < 4.78 is 5.19. The Morgan fingerprint density at radius 3 is 2.54 bits per heavy atom. The van der Waals surface area contributed by atoms with Gasteiger partial charge in [0.1, 0.15) is 0 Å². The van der Waals surface area contributed by atoms with Crippen LogP contribution in [0.25, 0.3) is 0 Å². The van der Waals surface area contributed by atoms with E-state index < -0.39 is 0 Å². The molecule has 1 spiro atoms. The summed E-state index contributed by atoms with van der Waals surface area (Å²) in [6.07, 6.45) is 1.82. The molecule has 0 aliphatic carbocycles. The number of hydrogen-bond donors (Lipinski definition) is 0. The van der Waals surface area contributed by atoms with Crippen LogP contribution in [0.15, 0.2) is 0 Å². The lowest BCUT2D eigenvalue weighted by Gasteiger charge is -2.47. The molecule has 2 rings (SSSR count). The predicted octanol–water partition coefficient (Wildman–Crippen LogP) is 1.03. The highest BCUT2D eigenvalue weighted by molar-refractivity contribution is 5.78. The quantitative estimate of drug-likeness (QED) is 0.607. The zero-order valence-corrected chi connectivity index (χ0v) is 8.38. The average molecular weight is 183 g/mol. The molecule has 3 nitrogen and oxygen atoms in total. The topological polar surface area (TPSA) is 29.5 Å². The summed E-state index contributed by atoms with van der Waals surface area (Å²) in [6, 6.07) is 0.353. The first kappa shape index (κ1) is 9.00. The minimum absolute atomic E-state index is 0.225. The molecule has 0 N–H and O–H groups in total. The lowest BCUT2D eigenvalue weighted by atomic mass is 9.76. The zero-order valence-electron chi connectivity index (χ0n) is 8.38. The number of rotatable bonds is 1. The maximum atomic E-state index is 11.7. The van der Waals surface area contributed by atoms with Gasteiger partial charge in [-0.15, -0.1) is 0 Å². The van der Waals surface area contributed by atoms with Crippen molar-refractivity contribution in [3.05, 3.63) is 0 Å². The number of carbonyl (C=O) groups excluding carboxylic acids is 1. The maximum absolute atomic E-state index is 11.7. The lowest BCUT2D eigenvalue weighted by molar-refractivity contribution is -0.167. The average Bonchev–Trinajstić information content (AvgIpc) is 2.00. The van der Waals surface area contributed by atoms with E-state index in [4.69, 9.17) is 4.74 Å². The second-order valence-electron chi connectivity index (χ2n) is 4.60. The van der Waals surface area contributed by atoms with Gasteiger partial charge in [-0.05, 0) is 20.3 Å². The molecular formula is C10H17NO2. The Hall–Kier alpha value is -0.570. The van der Waals surface area contributed by atoms with Gasteiger partial charge in [0.25, 0.3) is 0 Å². The molecule has 1 amide bonds. The monoisotopic (exact) mass is 183 g/mol. The second-order valence-corrected chi connectivity index (χ2v) is 4.60. The Kier molecular flexibility index (Phi) is 2.06. The molecular weight excluding hydrogens is 166 g/mol. The lowest BCUT2D eigenvalue weighted by Crippen LogP contribution is -2.54. The molecule has 0 radical (unpaired) electrons. The van der Waals surface area contributed by atoms with Gasteiger partial charge in [0.2, 0.25) is 5.91 Å². The summed E-state index contributed by atoms with van der Waals surface area (Å²) in [6.45, 7) is 6.66. The predicted molar refractivity (Wildman–Crippen MR) is 49.3 cm³/mol. The van der Waals surface area contributed by atoms with Crippen molar-refractivity contribution in [1.82, 2.24) is 4.90 Å². The van der Waals surface area contributed by atoms with Crippen LogP contribution in [0.4, 0.5) is 0 Å². The van der Waals surface area contributed by atoms with Crippen molar-refractivity contribution < 1.29 is 9.53 Å². The summed E-state index contributed by atoms with van der Waals surface area (Å²) in [7, 11) is 0. The van der Waals surface area contributed by atoms with Crippen LogP contribution < -0.4 is 0 Å². The fraction of sp³-hybridized carbons (Fsp3) is 0.900. The van der Waals surface area contributed by atoms with E-state index in [2.05, 4.69) is 13.8 Å². The molecule has 2 aliphatic heterocycles. The van der Waals surface area contributed by atoms with E-state index in [9.17, 15) is 4.79 Å². The van der Waals surface area contributed by atoms with Gasteiger partial charge in [0.05, 0.1) is 13.2 Å². The minimum atomic E-state index is 0.225. The highest BCUT2D eigenvalue weighted by atomic mass is 16.5. The highest BCUT2D eigenvalue weighted by Gasteiger charge is 2.44. The first-order valence-corrected chi connectivity index (χ1v) is 5.00. The van der Waals surface area contributed by atoms with Crippen molar-refractivity contribution in [2.45, 2.75) is 32.7 Å². The molecule has 13 heavy (non-hydrogen) atoms. The van der Waals surface area contributed by atoms with Crippen molar-refractivity contribution in [1.29, 1.82) is 0 Å². The van der Waals surface area contributed by atoms with E-state index in [1.807, 2.05) is 4.90 Å². The summed E-state index contributed by atoms with van der Waals surface area (Å²) in [5.41, 5.74) is 0.225. The minimum Gasteiger partial charge on any atom is -0.380 e. The third kappa shape index (κ3) is 1.46. The van der Waals surface area contributed by atoms with E-state index in [1.54, 1.807) is 0 Å². The van der Waals surface area contributed by atoms with E-state index in [1.165, 1.54) is 0 Å². The van der Waals surface area contributed by atoms with Crippen molar-refractivity contribution >= 4 is 5.91 Å². The van der Waals surface area contributed by atoms with E-state index in [0.717, 1.165) is 26.2 Å². The van der Waals surface area contributed by atoms with Crippen molar-refractivity contribution in [3.8, 4) is 0 Å². The van der Waals surface area contributed by atoms with Crippen LogP contribution >= 0.6 is 0 Å². The molecule has 0 saturated carbocycles. The van der Waals surface area contributed by atoms with E-state index >= 15 is 0 Å². The first-order valence-electron chi connectivity index (χ1n) is 5.00. The Labute approximate surface area is 79.0 Å². The Bertz CT molecular complexity index is 221. The van der Waals surface area contributed by atoms with Gasteiger partial charge in [0, 0.05) is 24.4 Å². The van der Waals surface area contributed by atoms with Gasteiger partial charge in [-0.1, -0.05) is 0 Å². The third-order valence-corrected chi connectivity index (χ3v) is 3.17. The van der Waals surface area contributed by atoms with Gasteiger partial charge in [-0.25, -0.2) is 0 Å². The number of ether oxygens (including phenoxy) is 1. The number of amides is 1. The fourth-order valence-corrected chi connectivity index (χ4v) is 2.18. The third-order valence-electron chi connectivity index (χ3n) is 3.17. The number of carbonyl (C=O) groups is 1. The molecule has 2 aliphatic rings. The summed E-state index contributed by atoms with van der Waals surface area (Å²) in [5.74, 6) is 0.310. The van der Waals surface area contributed by atoms with Crippen LogP contribution in [-0.2, 0) is 9.53 Å². The molecule has 2 saturated heterocycles. The molecule has 2 fully saturated rings. The molecule has 74 valence electrons. The van der Waals surface area contributed by atoms with Crippen LogP contribution in [0.2, 0.25) is 0 Å². The van der Waals surface area contributed by atoms with Crippen molar-refractivity contribution in [2.75, 3.05) is 19.8 Å². The van der Waals surface area contributed by atoms with Crippen LogP contribution in [0.3, 0.4) is 0 Å². The molecule has 0 atom stereocenters. The Morgan fingerprint density at radius 2 is 2.15 bits per heavy atom. The van der Waals surface area contributed by atoms with Gasteiger partial charge >= 0.3 is 0 Å². The van der Waals surface area contributed by atoms with Gasteiger partial charge in [-0.2, -0.15) is 0 Å². The second kappa shape index (κ2) is 2.98. The molecule has 0 aromatic rings. The van der Waals surface area contributed by atoms with Crippen LogP contribution in [0.5, 0.6) is 0 Å². The van der Waals surface area contributed by atoms with Gasteiger partial charge in [-0.3, -0.25) is 4.79 Å². The largest absolute Gasteiger partial charge is 0.380 e. The van der Waals surface area contributed by atoms with Crippen LogP contribution in [0.1, 0.15) is 26.7 Å². The smallest absolute Gasteiger partial charge is 0.223 e. The van der Waals surface area contributed by atoms with Crippen LogP contribution in [-0.4, -0.2) is 36.6 Å². The van der Waals surface area contributed by atoms with Gasteiger partial charge in [0.15, 0.2) is 0 Å². The zero-order chi connectivity index (χ0) is 9.47. The number of likely N-dealkylation sites (tertiary alicyclic amines) is 1. The molecule has 0 aromatic heterocycles. The van der Waals surface area contributed by atoms with Crippen molar-refractivity contribution in [3.63, 3.8) is 0 Å². The highest BCUT2D eigenvalue weighted by Crippen LogP contribution is 2.39. The van der Waals surface area contributed by atoms with E-state index in [0.29, 0.717) is 18.4 Å². The number of hydrogen-bond acceptors (Lipinski definition) is 2. The molecule has 3 heteroatoms. The SMILES string of the molecule is CC(C)N1CCC2(COC2)CC1=O. The number of nitrogens with zero attached hydrogens (tertiary/aromatic N) is 1. The molecule has 0 bridgehead atoms. The molecule has 0 unspecified atom stereocenters. The standard InChI is InChI=1S/C10H17NO2/c1-8(2)11-4-3-10(5-9(11)12)6-13-7-10/h8H,3-7H2,1-2H3. The Morgan fingerprint density at radius 1 is 1.46 bits per heavy atom. The van der Waals surface area contributed by atoms with Crippen LogP contribution in [0, 0.1) is 5.41 Å².